The van der Waals surface area contributed by atoms with Crippen molar-refractivity contribution in [2.75, 3.05) is 7.05 Å². The Morgan fingerprint density at radius 2 is 1.81 bits per heavy atom. The lowest BCUT2D eigenvalue weighted by atomic mass is 9.94. The Labute approximate surface area is 164 Å². The van der Waals surface area contributed by atoms with Crippen LogP contribution in [0.25, 0.3) is 0 Å². The first-order chi connectivity index (χ1) is 12.9. The number of carboxylic acid groups (broad SMARTS) is 1. The molecule has 0 spiro atoms. The number of carbonyl (C=O) groups is 1. The molecule has 0 aliphatic carbocycles. The van der Waals surface area contributed by atoms with Crippen molar-refractivity contribution in [2.45, 2.75) is 65.0 Å². The molecule has 0 aliphatic rings. The SMILES string of the molecule is CC[C@@H](C)C[C@@H](C)/C=C/CC[C@@H](O)[C@H](Cc1ccc(O)cc1)[NH2+]C.O=C[O-]. The number of hydrogen-bond acceptors (Lipinski definition) is 4. The molecule has 5 heteroatoms. The Balaban J connectivity index is 0.00000210. The molecule has 0 radical (unpaired) electrons. The third-order valence-electron chi connectivity index (χ3n) is 4.89. The topological polar surface area (TPSA) is 97.2 Å². The third kappa shape index (κ3) is 12.2. The second-order valence-electron chi connectivity index (χ2n) is 7.26. The predicted molar refractivity (Wildman–Crippen MR) is 107 cm³/mol. The number of quaternary nitrogens is 1. The number of rotatable bonds is 11. The Bertz CT molecular complexity index is 516. The molecule has 0 heterocycles. The first-order valence-electron chi connectivity index (χ1n) is 9.85. The van der Waals surface area contributed by atoms with Crippen LogP contribution in [0.1, 0.15) is 52.0 Å². The second-order valence-corrected chi connectivity index (χ2v) is 7.26. The molecule has 0 fully saturated rings. The lowest BCUT2D eigenvalue weighted by Gasteiger charge is -2.19. The summed E-state index contributed by atoms with van der Waals surface area (Å²) in [6.45, 7) is 6.32. The van der Waals surface area contributed by atoms with E-state index >= 15 is 0 Å². The molecule has 27 heavy (non-hydrogen) atoms. The standard InChI is InChI=1S/C21H35NO2.CH2O2/c1-5-16(2)14-17(3)8-6-7-9-21(24)20(22-4)15-18-10-12-19(23)13-11-18;2-1-3/h6,8,10-13,16-17,20-24H,5,7,9,14-15H2,1-4H3;1H,(H,2,3)/b8-6+;/t16-,17+,20+,21-;/m1./s1. The van der Waals surface area contributed by atoms with E-state index in [4.69, 9.17) is 9.90 Å². The highest BCUT2D eigenvalue weighted by Gasteiger charge is 2.20. The fourth-order valence-electron chi connectivity index (χ4n) is 3.07. The lowest BCUT2D eigenvalue weighted by molar-refractivity contribution is -0.671. The van der Waals surface area contributed by atoms with Crippen LogP contribution in [-0.2, 0) is 11.2 Å². The van der Waals surface area contributed by atoms with Crippen molar-refractivity contribution in [2.24, 2.45) is 11.8 Å². The van der Waals surface area contributed by atoms with Crippen molar-refractivity contribution in [1.29, 1.82) is 0 Å². The van der Waals surface area contributed by atoms with Crippen LogP contribution in [-0.4, -0.2) is 35.9 Å². The van der Waals surface area contributed by atoms with E-state index in [-0.39, 0.29) is 17.9 Å². The van der Waals surface area contributed by atoms with Crippen LogP contribution in [0.5, 0.6) is 5.75 Å². The Hall–Kier alpha value is -1.85. The zero-order valence-corrected chi connectivity index (χ0v) is 17.2. The minimum Gasteiger partial charge on any atom is -0.554 e. The lowest BCUT2D eigenvalue weighted by Crippen LogP contribution is -2.89. The molecule has 0 aromatic heterocycles. The van der Waals surface area contributed by atoms with Gasteiger partial charge >= 0.3 is 0 Å². The van der Waals surface area contributed by atoms with Crippen molar-refractivity contribution in [1.82, 2.24) is 0 Å². The zero-order valence-electron chi connectivity index (χ0n) is 17.2. The average molecular weight is 380 g/mol. The number of phenolic OH excluding ortho intramolecular Hbond substituents is 1. The summed E-state index contributed by atoms with van der Waals surface area (Å²) in [4.78, 5) is 8.25. The Kier molecular flexibility index (Phi) is 14.2. The van der Waals surface area contributed by atoms with Gasteiger partial charge in [0, 0.05) is 12.9 Å². The molecule has 0 aliphatic heterocycles. The molecule has 154 valence electrons. The van der Waals surface area contributed by atoms with Crippen LogP contribution in [0, 0.1) is 11.8 Å². The van der Waals surface area contributed by atoms with E-state index in [0.29, 0.717) is 5.92 Å². The minimum absolute atomic E-state index is 0.153. The second kappa shape index (κ2) is 15.2. The first-order valence-corrected chi connectivity index (χ1v) is 9.85. The van der Waals surface area contributed by atoms with E-state index in [9.17, 15) is 10.2 Å². The summed E-state index contributed by atoms with van der Waals surface area (Å²) >= 11 is 0. The Morgan fingerprint density at radius 3 is 2.33 bits per heavy atom. The number of nitrogens with two attached hydrogens (primary N) is 1. The molecule has 0 unspecified atom stereocenters. The number of phenols is 1. The number of hydrogen-bond donors (Lipinski definition) is 3. The number of likely N-dealkylation sites (N-methyl/N-ethyl adjacent to an activating group) is 1. The van der Waals surface area contributed by atoms with Crippen LogP contribution in [0.2, 0.25) is 0 Å². The predicted octanol–water partition coefficient (Wildman–Crippen LogP) is 1.63. The molecular formula is C22H37NO4. The summed E-state index contributed by atoms with van der Waals surface area (Å²) in [5.41, 5.74) is 1.15. The summed E-state index contributed by atoms with van der Waals surface area (Å²) < 4.78 is 0. The van der Waals surface area contributed by atoms with Gasteiger partial charge in [-0.3, -0.25) is 0 Å². The highest BCUT2D eigenvalue weighted by atomic mass is 16.3. The number of allylic oxidation sites excluding steroid dienone is 2. The van der Waals surface area contributed by atoms with E-state index in [1.807, 2.05) is 19.2 Å². The van der Waals surface area contributed by atoms with Gasteiger partial charge in [-0.15, -0.1) is 0 Å². The molecule has 1 rings (SSSR count). The number of carbonyl (C=O) groups excluding carboxylic acids is 1. The van der Waals surface area contributed by atoms with Gasteiger partial charge in [-0.2, -0.15) is 0 Å². The highest BCUT2D eigenvalue weighted by Crippen LogP contribution is 2.16. The summed E-state index contributed by atoms with van der Waals surface area (Å²) in [5, 5.41) is 30.1. The Morgan fingerprint density at radius 1 is 1.22 bits per heavy atom. The van der Waals surface area contributed by atoms with E-state index in [0.717, 1.165) is 30.7 Å². The summed E-state index contributed by atoms with van der Waals surface area (Å²) in [7, 11) is 2.01. The van der Waals surface area contributed by atoms with E-state index in [2.05, 4.69) is 38.2 Å². The van der Waals surface area contributed by atoms with Crippen LogP contribution in [0.15, 0.2) is 36.4 Å². The van der Waals surface area contributed by atoms with E-state index in [1.54, 1.807) is 12.1 Å². The maximum absolute atomic E-state index is 10.5. The zero-order chi connectivity index (χ0) is 20.7. The minimum atomic E-state index is -0.500. The number of benzene rings is 1. The van der Waals surface area contributed by atoms with Gasteiger partial charge in [0.15, 0.2) is 0 Å². The maximum atomic E-state index is 10.5. The molecular weight excluding hydrogens is 342 g/mol. The van der Waals surface area contributed by atoms with E-state index < -0.39 is 6.47 Å². The normalized spacial score (nSPS) is 15.4. The van der Waals surface area contributed by atoms with Crippen molar-refractivity contribution < 1.29 is 25.4 Å². The number of aliphatic hydroxyl groups excluding tert-OH is 1. The van der Waals surface area contributed by atoms with E-state index in [1.165, 1.54) is 12.8 Å². The van der Waals surface area contributed by atoms with Gasteiger partial charge in [0.25, 0.3) is 0 Å². The summed E-state index contributed by atoms with van der Waals surface area (Å²) in [6, 6.07) is 7.41. The van der Waals surface area contributed by atoms with Crippen LogP contribution >= 0.6 is 0 Å². The molecule has 0 saturated carbocycles. The largest absolute Gasteiger partial charge is 0.554 e. The molecule has 1 aromatic rings. The molecule has 0 saturated heterocycles. The van der Waals surface area contributed by atoms with Gasteiger partial charge in [0.05, 0.1) is 7.05 Å². The fraction of sp³-hybridized carbons (Fsp3) is 0.591. The van der Waals surface area contributed by atoms with Gasteiger partial charge < -0.3 is 25.4 Å². The highest BCUT2D eigenvalue weighted by molar-refractivity contribution is 5.29. The monoisotopic (exact) mass is 379 g/mol. The van der Waals surface area contributed by atoms with Gasteiger partial charge in [0.1, 0.15) is 17.9 Å². The first kappa shape index (κ1) is 25.1. The molecule has 5 nitrogen and oxygen atoms in total. The fourth-order valence-corrected chi connectivity index (χ4v) is 3.07. The van der Waals surface area contributed by atoms with Crippen molar-refractivity contribution in [3.63, 3.8) is 0 Å². The molecule has 0 amide bonds. The average Bonchev–Trinajstić information content (AvgIpc) is 2.65. The third-order valence-corrected chi connectivity index (χ3v) is 4.89. The smallest absolute Gasteiger partial charge is 0.116 e. The molecule has 0 bridgehead atoms. The molecule has 4 N–H and O–H groups in total. The van der Waals surface area contributed by atoms with Gasteiger partial charge in [-0.25, -0.2) is 0 Å². The van der Waals surface area contributed by atoms with Gasteiger partial charge in [-0.1, -0.05) is 51.5 Å². The summed E-state index contributed by atoms with van der Waals surface area (Å²) in [6.07, 6.45) is 9.20. The van der Waals surface area contributed by atoms with Crippen molar-refractivity contribution in [3.05, 3.63) is 42.0 Å². The van der Waals surface area contributed by atoms with Gasteiger partial charge in [0.2, 0.25) is 0 Å². The van der Waals surface area contributed by atoms with Crippen molar-refractivity contribution in [3.8, 4) is 5.75 Å². The van der Waals surface area contributed by atoms with Crippen LogP contribution < -0.4 is 10.4 Å². The molecule has 4 atom stereocenters. The van der Waals surface area contributed by atoms with Crippen molar-refractivity contribution >= 4 is 6.47 Å². The maximum Gasteiger partial charge on any atom is 0.116 e. The van der Waals surface area contributed by atoms with Crippen LogP contribution in [0.4, 0.5) is 0 Å². The van der Waals surface area contributed by atoms with Crippen LogP contribution in [0.3, 0.4) is 0 Å². The molecule has 1 aromatic carbocycles. The van der Waals surface area contributed by atoms with Gasteiger partial charge in [-0.05, 0) is 48.8 Å². The number of aliphatic hydroxyl groups is 1. The quantitative estimate of drug-likeness (QED) is 0.402. The summed E-state index contributed by atoms with van der Waals surface area (Å²) in [5.74, 6) is 1.68. The number of aromatic hydroxyl groups is 1.